The number of rotatable bonds is 10. The fourth-order valence-corrected chi connectivity index (χ4v) is 2.26. The topological polar surface area (TPSA) is 113 Å². The van der Waals surface area contributed by atoms with Gasteiger partial charge in [-0.05, 0) is 45.4 Å². The Morgan fingerprint density at radius 3 is 2.48 bits per heavy atom. The SMILES string of the molecule is CCNC(=NCc1ccc(OCCO)c(OC)c1)NCCNC(=O)OC(C)(C)C. The molecule has 0 radical (unpaired) electrons. The highest BCUT2D eigenvalue weighted by Crippen LogP contribution is 2.28. The number of guanidine groups is 1. The van der Waals surface area contributed by atoms with Crippen molar-refractivity contribution in [2.45, 2.75) is 39.8 Å². The molecule has 0 aromatic heterocycles. The molecule has 0 spiro atoms. The molecule has 9 heteroatoms. The van der Waals surface area contributed by atoms with Gasteiger partial charge in [0, 0.05) is 19.6 Å². The lowest BCUT2D eigenvalue weighted by Crippen LogP contribution is -2.42. The van der Waals surface area contributed by atoms with E-state index in [0.29, 0.717) is 43.6 Å². The van der Waals surface area contributed by atoms with E-state index >= 15 is 0 Å². The average molecular weight is 411 g/mol. The molecule has 0 aliphatic heterocycles. The van der Waals surface area contributed by atoms with Gasteiger partial charge in [-0.25, -0.2) is 9.79 Å². The van der Waals surface area contributed by atoms with Crippen LogP contribution in [0.4, 0.5) is 4.79 Å². The molecule has 0 saturated carbocycles. The summed E-state index contributed by atoms with van der Waals surface area (Å²) in [5.41, 5.74) is 0.426. The van der Waals surface area contributed by atoms with E-state index < -0.39 is 11.7 Å². The molecular formula is C20H34N4O5. The summed E-state index contributed by atoms with van der Waals surface area (Å²) in [6, 6.07) is 5.54. The summed E-state index contributed by atoms with van der Waals surface area (Å²) in [4.78, 5) is 16.2. The zero-order valence-electron chi connectivity index (χ0n) is 18.0. The Morgan fingerprint density at radius 2 is 1.86 bits per heavy atom. The summed E-state index contributed by atoms with van der Waals surface area (Å²) >= 11 is 0. The third kappa shape index (κ3) is 10.4. The van der Waals surface area contributed by atoms with Crippen LogP contribution in [-0.2, 0) is 11.3 Å². The first-order valence-electron chi connectivity index (χ1n) is 9.68. The van der Waals surface area contributed by atoms with Crippen molar-refractivity contribution >= 4 is 12.1 Å². The Labute approximate surface area is 172 Å². The molecule has 0 aliphatic carbocycles. The van der Waals surface area contributed by atoms with Crippen LogP contribution in [-0.4, -0.2) is 62.7 Å². The summed E-state index contributed by atoms with van der Waals surface area (Å²) in [7, 11) is 1.57. The summed E-state index contributed by atoms with van der Waals surface area (Å²) < 4.78 is 16.0. The van der Waals surface area contributed by atoms with Gasteiger partial charge in [-0.1, -0.05) is 6.07 Å². The summed E-state index contributed by atoms with van der Waals surface area (Å²) in [6.45, 7) is 9.64. The van der Waals surface area contributed by atoms with Crippen LogP contribution in [0.2, 0.25) is 0 Å². The number of nitrogens with one attached hydrogen (secondary N) is 3. The summed E-state index contributed by atoms with van der Waals surface area (Å²) in [5, 5.41) is 17.9. The summed E-state index contributed by atoms with van der Waals surface area (Å²) in [6.07, 6.45) is -0.447. The number of methoxy groups -OCH3 is 1. The van der Waals surface area contributed by atoms with E-state index in [9.17, 15) is 4.79 Å². The number of benzene rings is 1. The number of nitrogens with zero attached hydrogens (tertiary/aromatic N) is 1. The van der Waals surface area contributed by atoms with Gasteiger partial charge in [0.05, 0.1) is 20.3 Å². The lowest BCUT2D eigenvalue weighted by molar-refractivity contribution is 0.0529. The van der Waals surface area contributed by atoms with E-state index in [2.05, 4.69) is 20.9 Å². The molecule has 164 valence electrons. The fraction of sp³-hybridized carbons (Fsp3) is 0.600. The third-order valence-corrected chi connectivity index (χ3v) is 3.43. The van der Waals surface area contributed by atoms with E-state index in [1.165, 1.54) is 0 Å². The predicted octanol–water partition coefficient (Wildman–Crippen LogP) is 1.65. The van der Waals surface area contributed by atoms with Crippen molar-refractivity contribution in [1.29, 1.82) is 0 Å². The van der Waals surface area contributed by atoms with Gasteiger partial charge in [0.2, 0.25) is 0 Å². The van der Waals surface area contributed by atoms with Gasteiger partial charge in [-0.3, -0.25) is 0 Å². The minimum atomic E-state index is -0.520. The first-order valence-corrected chi connectivity index (χ1v) is 9.68. The molecule has 0 atom stereocenters. The van der Waals surface area contributed by atoms with Crippen molar-refractivity contribution < 1.29 is 24.1 Å². The third-order valence-electron chi connectivity index (χ3n) is 3.43. The van der Waals surface area contributed by atoms with E-state index in [1.54, 1.807) is 13.2 Å². The molecule has 4 N–H and O–H groups in total. The van der Waals surface area contributed by atoms with Crippen LogP contribution in [0, 0.1) is 0 Å². The van der Waals surface area contributed by atoms with Crippen molar-refractivity contribution in [3.05, 3.63) is 23.8 Å². The Bertz CT molecular complexity index is 659. The smallest absolute Gasteiger partial charge is 0.407 e. The van der Waals surface area contributed by atoms with Crippen molar-refractivity contribution in [3.63, 3.8) is 0 Å². The molecule has 0 fully saturated rings. The maximum absolute atomic E-state index is 11.7. The van der Waals surface area contributed by atoms with Crippen molar-refractivity contribution in [2.24, 2.45) is 4.99 Å². The highest BCUT2D eigenvalue weighted by molar-refractivity contribution is 5.79. The number of carbonyl (C=O) groups is 1. The molecule has 9 nitrogen and oxygen atoms in total. The van der Waals surface area contributed by atoms with E-state index in [-0.39, 0.29) is 13.2 Å². The Balaban J connectivity index is 2.57. The van der Waals surface area contributed by atoms with Gasteiger partial charge in [-0.15, -0.1) is 0 Å². The number of hydrogen-bond acceptors (Lipinski definition) is 6. The number of hydrogen-bond donors (Lipinski definition) is 4. The first kappa shape index (κ1) is 24.4. The quantitative estimate of drug-likeness (QED) is 0.263. The van der Waals surface area contributed by atoms with Gasteiger partial charge >= 0.3 is 6.09 Å². The Morgan fingerprint density at radius 1 is 1.14 bits per heavy atom. The minimum Gasteiger partial charge on any atom is -0.493 e. The largest absolute Gasteiger partial charge is 0.493 e. The normalized spacial score (nSPS) is 11.6. The van der Waals surface area contributed by atoms with Crippen LogP contribution in [0.5, 0.6) is 11.5 Å². The maximum Gasteiger partial charge on any atom is 0.407 e. The first-order chi connectivity index (χ1) is 13.8. The molecular weight excluding hydrogens is 376 g/mol. The highest BCUT2D eigenvalue weighted by atomic mass is 16.6. The second-order valence-electron chi connectivity index (χ2n) is 7.11. The number of aliphatic hydroxyl groups is 1. The van der Waals surface area contributed by atoms with Gasteiger partial charge in [0.25, 0.3) is 0 Å². The van der Waals surface area contributed by atoms with Crippen LogP contribution in [0.1, 0.15) is 33.3 Å². The second-order valence-corrected chi connectivity index (χ2v) is 7.11. The van der Waals surface area contributed by atoms with Gasteiger partial charge in [0.1, 0.15) is 12.2 Å². The predicted molar refractivity (Wildman–Crippen MR) is 113 cm³/mol. The fourth-order valence-electron chi connectivity index (χ4n) is 2.26. The molecule has 0 bridgehead atoms. The van der Waals surface area contributed by atoms with Crippen LogP contribution in [0.3, 0.4) is 0 Å². The van der Waals surface area contributed by atoms with Crippen molar-refractivity contribution in [2.75, 3.05) is 40.0 Å². The number of ether oxygens (including phenoxy) is 3. The number of aliphatic hydroxyl groups excluding tert-OH is 1. The van der Waals surface area contributed by atoms with Gasteiger partial charge in [-0.2, -0.15) is 0 Å². The molecule has 1 aromatic rings. The number of amides is 1. The molecule has 1 amide bonds. The zero-order chi connectivity index (χ0) is 21.7. The Kier molecular flexibility index (Phi) is 10.7. The molecule has 1 aromatic carbocycles. The highest BCUT2D eigenvalue weighted by Gasteiger charge is 2.15. The molecule has 29 heavy (non-hydrogen) atoms. The number of carbonyl (C=O) groups excluding carboxylic acids is 1. The molecule has 0 aliphatic rings. The molecule has 0 saturated heterocycles. The second kappa shape index (κ2) is 12.7. The van der Waals surface area contributed by atoms with Crippen LogP contribution >= 0.6 is 0 Å². The van der Waals surface area contributed by atoms with Crippen LogP contribution in [0.15, 0.2) is 23.2 Å². The number of aliphatic imine (C=N–C) groups is 1. The molecule has 0 heterocycles. The average Bonchev–Trinajstić information content (AvgIpc) is 2.66. The van der Waals surface area contributed by atoms with Gasteiger partial charge < -0.3 is 35.3 Å². The monoisotopic (exact) mass is 410 g/mol. The van der Waals surface area contributed by atoms with Crippen LogP contribution < -0.4 is 25.4 Å². The Hall–Kier alpha value is -2.68. The van der Waals surface area contributed by atoms with E-state index in [4.69, 9.17) is 19.3 Å². The lowest BCUT2D eigenvalue weighted by atomic mass is 10.2. The van der Waals surface area contributed by atoms with E-state index in [1.807, 2.05) is 39.8 Å². The zero-order valence-corrected chi connectivity index (χ0v) is 18.0. The molecule has 0 unspecified atom stereocenters. The number of alkyl carbamates (subject to hydrolysis) is 1. The van der Waals surface area contributed by atoms with Crippen molar-refractivity contribution in [1.82, 2.24) is 16.0 Å². The van der Waals surface area contributed by atoms with Gasteiger partial charge in [0.15, 0.2) is 17.5 Å². The van der Waals surface area contributed by atoms with E-state index in [0.717, 1.165) is 5.56 Å². The molecule has 1 rings (SSSR count). The minimum absolute atomic E-state index is 0.0598. The van der Waals surface area contributed by atoms with Crippen LogP contribution in [0.25, 0.3) is 0 Å². The summed E-state index contributed by atoms with van der Waals surface area (Å²) in [5.74, 6) is 1.80. The standard InChI is InChI=1S/C20H34N4O5/c1-6-21-18(22-9-10-23-19(26)29-20(2,3)4)24-14-15-7-8-16(28-12-11-25)17(13-15)27-5/h7-8,13,25H,6,9-12,14H2,1-5H3,(H,23,26)(H2,21,22,24). The maximum atomic E-state index is 11.7. The van der Waals surface area contributed by atoms with Crippen molar-refractivity contribution in [3.8, 4) is 11.5 Å². The lowest BCUT2D eigenvalue weighted by Gasteiger charge is -2.20.